The van der Waals surface area contributed by atoms with Crippen molar-refractivity contribution in [1.29, 1.82) is 0 Å². The molecule has 114 valence electrons. The van der Waals surface area contributed by atoms with Crippen molar-refractivity contribution in [3.63, 3.8) is 0 Å². The highest BCUT2D eigenvalue weighted by atomic mass is 19.1. The van der Waals surface area contributed by atoms with E-state index in [2.05, 4.69) is 32.3 Å². The second-order valence-corrected chi connectivity index (χ2v) is 6.32. The van der Waals surface area contributed by atoms with Crippen LogP contribution in [0, 0.1) is 18.7 Å². The Morgan fingerprint density at radius 2 is 1.90 bits per heavy atom. The van der Waals surface area contributed by atoms with Crippen molar-refractivity contribution in [3.05, 3.63) is 35.4 Å². The second-order valence-electron chi connectivity index (χ2n) is 6.32. The Morgan fingerprint density at radius 1 is 1.24 bits per heavy atom. The van der Waals surface area contributed by atoms with Gasteiger partial charge in [0.2, 0.25) is 0 Å². The quantitative estimate of drug-likeness (QED) is 0.908. The van der Waals surface area contributed by atoms with Gasteiger partial charge in [0.25, 0.3) is 0 Å². The van der Waals surface area contributed by atoms with Gasteiger partial charge in [-0.3, -0.25) is 0 Å². The summed E-state index contributed by atoms with van der Waals surface area (Å²) in [6.45, 7) is 11.3. The molecule has 4 heteroatoms. The number of hydrogen-bond donors (Lipinski definition) is 1. The van der Waals surface area contributed by atoms with Crippen LogP contribution in [-0.2, 0) is 6.54 Å². The minimum atomic E-state index is -0.264. The SMILES string of the molecule is Cc1ccc(F)cc1-c1nc(C(C)C)n(CC(C)C)c1N. The predicted octanol–water partition coefficient (Wildman–Crippen LogP) is 4.36. The highest BCUT2D eigenvalue weighted by Gasteiger charge is 2.20. The van der Waals surface area contributed by atoms with Crippen molar-refractivity contribution in [3.8, 4) is 11.3 Å². The lowest BCUT2D eigenvalue weighted by Crippen LogP contribution is -2.12. The Labute approximate surface area is 126 Å². The summed E-state index contributed by atoms with van der Waals surface area (Å²) in [4.78, 5) is 4.71. The van der Waals surface area contributed by atoms with Gasteiger partial charge in [-0.1, -0.05) is 33.8 Å². The molecule has 0 saturated carbocycles. The van der Waals surface area contributed by atoms with Crippen LogP contribution >= 0.6 is 0 Å². The van der Waals surface area contributed by atoms with Crippen LogP contribution in [0.2, 0.25) is 0 Å². The average Bonchev–Trinajstić information content (AvgIpc) is 2.70. The van der Waals surface area contributed by atoms with Gasteiger partial charge in [0.1, 0.15) is 23.2 Å². The standard InChI is InChI=1S/C17H24FN3/c1-10(2)9-21-16(19)15(20-17(21)11(3)4)14-8-13(18)7-6-12(14)5/h6-8,10-11H,9,19H2,1-5H3. The summed E-state index contributed by atoms with van der Waals surface area (Å²) >= 11 is 0. The number of halogens is 1. The highest BCUT2D eigenvalue weighted by Crippen LogP contribution is 2.32. The molecule has 1 aromatic carbocycles. The van der Waals surface area contributed by atoms with Gasteiger partial charge in [0.15, 0.2) is 0 Å². The summed E-state index contributed by atoms with van der Waals surface area (Å²) in [5.74, 6) is 2.06. The third kappa shape index (κ3) is 3.09. The first-order chi connectivity index (χ1) is 9.81. The smallest absolute Gasteiger partial charge is 0.131 e. The molecule has 1 aromatic heterocycles. The maximum Gasteiger partial charge on any atom is 0.131 e. The molecule has 0 radical (unpaired) electrons. The molecular weight excluding hydrogens is 265 g/mol. The number of imidazole rings is 1. The lowest BCUT2D eigenvalue weighted by molar-refractivity contribution is 0.502. The van der Waals surface area contributed by atoms with E-state index < -0.39 is 0 Å². The van der Waals surface area contributed by atoms with Gasteiger partial charge < -0.3 is 10.3 Å². The molecule has 0 bridgehead atoms. The lowest BCUT2D eigenvalue weighted by atomic mass is 10.1. The van der Waals surface area contributed by atoms with E-state index in [9.17, 15) is 4.39 Å². The molecule has 0 fully saturated rings. The van der Waals surface area contributed by atoms with Crippen molar-refractivity contribution in [2.24, 2.45) is 5.92 Å². The number of aromatic nitrogens is 2. The summed E-state index contributed by atoms with van der Waals surface area (Å²) in [6.07, 6.45) is 0. The molecule has 3 nitrogen and oxygen atoms in total. The minimum absolute atomic E-state index is 0.264. The number of nitrogens with zero attached hydrogens (tertiary/aromatic N) is 2. The largest absolute Gasteiger partial charge is 0.383 e. The van der Waals surface area contributed by atoms with Crippen LogP contribution in [0.5, 0.6) is 0 Å². The van der Waals surface area contributed by atoms with Crippen LogP contribution in [0.1, 0.15) is 45.0 Å². The van der Waals surface area contributed by atoms with E-state index >= 15 is 0 Å². The zero-order chi connectivity index (χ0) is 15.7. The maximum atomic E-state index is 13.6. The van der Waals surface area contributed by atoms with E-state index in [-0.39, 0.29) is 11.7 Å². The third-order valence-electron chi connectivity index (χ3n) is 3.56. The van der Waals surface area contributed by atoms with Gasteiger partial charge in [0.05, 0.1) is 0 Å². The van der Waals surface area contributed by atoms with Crippen LogP contribution in [-0.4, -0.2) is 9.55 Å². The minimum Gasteiger partial charge on any atom is -0.383 e. The normalized spacial score (nSPS) is 11.6. The number of hydrogen-bond acceptors (Lipinski definition) is 2. The van der Waals surface area contributed by atoms with E-state index in [1.54, 1.807) is 6.07 Å². The Hall–Kier alpha value is -1.84. The maximum absolute atomic E-state index is 13.6. The van der Waals surface area contributed by atoms with Crippen molar-refractivity contribution < 1.29 is 4.39 Å². The van der Waals surface area contributed by atoms with Crippen LogP contribution < -0.4 is 5.73 Å². The first-order valence-corrected chi connectivity index (χ1v) is 7.43. The lowest BCUT2D eigenvalue weighted by Gasteiger charge is -2.14. The Balaban J connectivity index is 2.62. The number of aryl methyl sites for hydroxylation is 1. The monoisotopic (exact) mass is 289 g/mol. The Morgan fingerprint density at radius 3 is 2.48 bits per heavy atom. The molecule has 0 atom stereocenters. The topological polar surface area (TPSA) is 43.8 Å². The summed E-state index contributed by atoms with van der Waals surface area (Å²) in [6, 6.07) is 4.74. The van der Waals surface area contributed by atoms with Gasteiger partial charge >= 0.3 is 0 Å². The van der Waals surface area contributed by atoms with Crippen LogP contribution in [0.25, 0.3) is 11.3 Å². The van der Waals surface area contributed by atoms with E-state index in [1.165, 1.54) is 12.1 Å². The van der Waals surface area contributed by atoms with Crippen molar-refractivity contribution in [2.45, 2.75) is 47.1 Å². The molecule has 2 rings (SSSR count). The van der Waals surface area contributed by atoms with Gasteiger partial charge in [-0.15, -0.1) is 0 Å². The van der Waals surface area contributed by atoms with Gasteiger partial charge in [-0.05, 0) is 30.5 Å². The van der Waals surface area contributed by atoms with E-state index in [4.69, 9.17) is 10.7 Å². The average molecular weight is 289 g/mol. The zero-order valence-corrected chi connectivity index (χ0v) is 13.4. The molecule has 0 saturated heterocycles. The summed E-state index contributed by atoms with van der Waals surface area (Å²) < 4.78 is 15.6. The van der Waals surface area contributed by atoms with E-state index in [0.29, 0.717) is 17.4 Å². The van der Waals surface area contributed by atoms with Gasteiger partial charge in [-0.2, -0.15) is 0 Å². The van der Waals surface area contributed by atoms with Gasteiger partial charge in [0, 0.05) is 18.0 Å². The molecule has 0 spiro atoms. The molecule has 0 aliphatic heterocycles. The molecule has 0 amide bonds. The second kappa shape index (κ2) is 5.88. The highest BCUT2D eigenvalue weighted by molar-refractivity contribution is 5.73. The fourth-order valence-corrected chi connectivity index (χ4v) is 2.53. The summed E-state index contributed by atoms with van der Waals surface area (Å²) in [5, 5.41) is 0. The Bertz CT molecular complexity index is 642. The molecule has 0 aliphatic rings. The number of nitrogens with two attached hydrogens (primary N) is 1. The molecule has 0 aliphatic carbocycles. The van der Waals surface area contributed by atoms with Crippen molar-refractivity contribution >= 4 is 5.82 Å². The molecule has 0 unspecified atom stereocenters. The first-order valence-electron chi connectivity index (χ1n) is 7.43. The zero-order valence-electron chi connectivity index (χ0n) is 13.4. The van der Waals surface area contributed by atoms with E-state index in [1.807, 2.05) is 6.92 Å². The van der Waals surface area contributed by atoms with Crippen molar-refractivity contribution in [1.82, 2.24) is 9.55 Å². The Kier molecular flexibility index (Phi) is 4.35. The number of anilines is 1. The van der Waals surface area contributed by atoms with Crippen LogP contribution in [0.15, 0.2) is 18.2 Å². The van der Waals surface area contributed by atoms with E-state index in [0.717, 1.165) is 23.5 Å². The fraction of sp³-hybridized carbons (Fsp3) is 0.471. The predicted molar refractivity (Wildman–Crippen MR) is 85.7 cm³/mol. The van der Waals surface area contributed by atoms with Crippen LogP contribution in [0.4, 0.5) is 10.2 Å². The molecule has 21 heavy (non-hydrogen) atoms. The molecular formula is C17H24FN3. The number of benzene rings is 1. The molecule has 1 heterocycles. The molecule has 2 N–H and O–H groups in total. The number of nitrogen functional groups attached to an aromatic ring is 1. The fourth-order valence-electron chi connectivity index (χ4n) is 2.53. The number of rotatable bonds is 4. The molecule has 2 aromatic rings. The summed E-state index contributed by atoms with van der Waals surface area (Å²) in [5.41, 5.74) is 8.76. The van der Waals surface area contributed by atoms with Crippen molar-refractivity contribution in [2.75, 3.05) is 5.73 Å². The van der Waals surface area contributed by atoms with Gasteiger partial charge in [-0.25, -0.2) is 9.37 Å². The first kappa shape index (κ1) is 15.5. The van der Waals surface area contributed by atoms with Crippen LogP contribution in [0.3, 0.4) is 0 Å². The summed E-state index contributed by atoms with van der Waals surface area (Å²) in [7, 11) is 0. The third-order valence-corrected chi connectivity index (χ3v) is 3.56.